The Morgan fingerprint density at radius 3 is 2.69 bits per heavy atom. The van der Waals surface area contributed by atoms with Crippen LogP contribution in [0.1, 0.15) is 32.6 Å². The second-order valence-corrected chi connectivity index (χ2v) is 4.66. The van der Waals surface area contributed by atoms with E-state index in [1.54, 1.807) is 0 Å². The van der Waals surface area contributed by atoms with E-state index in [4.69, 9.17) is 11.5 Å². The van der Waals surface area contributed by atoms with Crippen molar-refractivity contribution < 1.29 is 9.59 Å². The Hall–Kier alpha value is -1.10. The first-order chi connectivity index (χ1) is 7.50. The number of primary amides is 1. The van der Waals surface area contributed by atoms with Crippen LogP contribution >= 0.6 is 0 Å². The number of nitrogens with two attached hydrogens (primary N) is 2. The maximum atomic E-state index is 11.8. The lowest BCUT2D eigenvalue weighted by Gasteiger charge is -2.31. The Balaban J connectivity index is 2.36. The standard InChI is InChI=1S/C11H21N3O2/c1-7-2-3-8(12)6-9(7)11(16)14-5-4-10(13)15/h7-9H,2-6,12H2,1H3,(H2,13,15)(H,14,16). The first-order valence-corrected chi connectivity index (χ1v) is 5.82. The van der Waals surface area contributed by atoms with Crippen LogP contribution in [0.4, 0.5) is 0 Å². The largest absolute Gasteiger partial charge is 0.370 e. The number of carbonyl (C=O) groups is 2. The van der Waals surface area contributed by atoms with Gasteiger partial charge in [-0.05, 0) is 25.2 Å². The molecule has 1 aliphatic rings. The second-order valence-electron chi connectivity index (χ2n) is 4.66. The maximum absolute atomic E-state index is 11.8. The Morgan fingerprint density at radius 1 is 1.38 bits per heavy atom. The van der Waals surface area contributed by atoms with Gasteiger partial charge in [-0.3, -0.25) is 9.59 Å². The molecule has 5 N–H and O–H groups in total. The van der Waals surface area contributed by atoms with Crippen molar-refractivity contribution >= 4 is 11.8 Å². The minimum atomic E-state index is -0.395. The third kappa shape index (κ3) is 3.81. The van der Waals surface area contributed by atoms with Gasteiger partial charge in [-0.2, -0.15) is 0 Å². The van der Waals surface area contributed by atoms with Gasteiger partial charge in [-0.15, -0.1) is 0 Å². The van der Waals surface area contributed by atoms with Gasteiger partial charge >= 0.3 is 0 Å². The lowest BCUT2D eigenvalue weighted by atomic mass is 9.78. The van der Waals surface area contributed by atoms with Crippen molar-refractivity contribution in [2.45, 2.75) is 38.6 Å². The van der Waals surface area contributed by atoms with Crippen LogP contribution in [0.25, 0.3) is 0 Å². The SMILES string of the molecule is CC1CCC(N)CC1C(=O)NCCC(N)=O. The number of amides is 2. The van der Waals surface area contributed by atoms with Crippen molar-refractivity contribution in [2.75, 3.05) is 6.54 Å². The van der Waals surface area contributed by atoms with Crippen LogP contribution in [0, 0.1) is 11.8 Å². The summed E-state index contributed by atoms with van der Waals surface area (Å²) in [6.45, 7) is 2.40. The smallest absolute Gasteiger partial charge is 0.223 e. The fourth-order valence-electron chi connectivity index (χ4n) is 2.16. The Kier molecular flexibility index (Phi) is 4.73. The summed E-state index contributed by atoms with van der Waals surface area (Å²) >= 11 is 0. The number of rotatable bonds is 4. The van der Waals surface area contributed by atoms with Crippen LogP contribution in [-0.2, 0) is 9.59 Å². The third-order valence-electron chi connectivity index (χ3n) is 3.24. The van der Waals surface area contributed by atoms with Crippen LogP contribution in [0.3, 0.4) is 0 Å². The molecule has 3 unspecified atom stereocenters. The van der Waals surface area contributed by atoms with E-state index in [0.717, 1.165) is 19.3 Å². The quantitative estimate of drug-likeness (QED) is 0.617. The normalized spacial score (nSPS) is 29.8. The molecule has 0 aromatic heterocycles. The molecule has 0 heterocycles. The average molecular weight is 227 g/mol. The Labute approximate surface area is 95.9 Å². The zero-order valence-corrected chi connectivity index (χ0v) is 9.74. The summed E-state index contributed by atoms with van der Waals surface area (Å²) in [7, 11) is 0. The molecule has 2 amide bonds. The van der Waals surface area contributed by atoms with E-state index in [1.807, 2.05) is 0 Å². The monoisotopic (exact) mass is 227 g/mol. The number of hydrogen-bond acceptors (Lipinski definition) is 3. The Morgan fingerprint density at radius 2 is 2.06 bits per heavy atom. The second kappa shape index (κ2) is 5.84. The van der Waals surface area contributed by atoms with Gasteiger partial charge in [-0.1, -0.05) is 6.92 Å². The van der Waals surface area contributed by atoms with Crippen molar-refractivity contribution in [1.29, 1.82) is 0 Å². The molecule has 0 saturated heterocycles. The van der Waals surface area contributed by atoms with Gasteiger partial charge in [0, 0.05) is 24.9 Å². The van der Waals surface area contributed by atoms with Gasteiger partial charge in [0.25, 0.3) is 0 Å². The van der Waals surface area contributed by atoms with Crippen molar-refractivity contribution in [2.24, 2.45) is 23.3 Å². The number of nitrogens with one attached hydrogen (secondary N) is 1. The van der Waals surface area contributed by atoms with Gasteiger partial charge in [-0.25, -0.2) is 0 Å². The van der Waals surface area contributed by atoms with E-state index in [1.165, 1.54) is 0 Å². The molecule has 0 radical (unpaired) electrons. The molecule has 0 spiro atoms. The summed E-state index contributed by atoms with van der Waals surface area (Å²) < 4.78 is 0. The zero-order chi connectivity index (χ0) is 12.1. The van der Waals surface area contributed by atoms with Crippen molar-refractivity contribution in [1.82, 2.24) is 5.32 Å². The maximum Gasteiger partial charge on any atom is 0.223 e. The lowest BCUT2D eigenvalue weighted by molar-refractivity contribution is -0.127. The zero-order valence-electron chi connectivity index (χ0n) is 9.74. The molecule has 0 aromatic carbocycles. The average Bonchev–Trinajstić information content (AvgIpc) is 2.21. The third-order valence-corrected chi connectivity index (χ3v) is 3.24. The molecule has 5 nitrogen and oxygen atoms in total. The van der Waals surface area contributed by atoms with Gasteiger partial charge in [0.1, 0.15) is 0 Å². The van der Waals surface area contributed by atoms with Crippen molar-refractivity contribution in [3.63, 3.8) is 0 Å². The molecule has 3 atom stereocenters. The summed E-state index contributed by atoms with van der Waals surface area (Å²) in [5.41, 5.74) is 10.8. The van der Waals surface area contributed by atoms with E-state index in [-0.39, 0.29) is 24.3 Å². The number of hydrogen-bond donors (Lipinski definition) is 3. The molecule has 1 aliphatic carbocycles. The molecule has 1 fully saturated rings. The molecule has 0 aliphatic heterocycles. The molecule has 1 saturated carbocycles. The molecule has 1 rings (SSSR count). The van der Waals surface area contributed by atoms with Crippen molar-refractivity contribution in [3.05, 3.63) is 0 Å². The summed E-state index contributed by atoms with van der Waals surface area (Å²) in [6.07, 6.45) is 2.92. The van der Waals surface area contributed by atoms with Crippen LogP contribution in [0.5, 0.6) is 0 Å². The first-order valence-electron chi connectivity index (χ1n) is 5.82. The minimum absolute atomic E-state index is 0.00361. The molecule has 0 aromatic rings. The topological polar surface area (TPSA) is 98.2 Å². The van der Waals surface area contributed by atoms with E-state index in [9.17, 15) is 9.59 Å². The van der Waals surface area contributed by atoms with E-state index < -0.39 is 5.91 Å². The van der Waals surface area contributed by atoms with Crippen LogP contribution in [0.2, 0.25) is 0 Å². The van der Waals surface area contributed by atoms with Crippen LogP contribution in [0.15, 0.2) is 0 Å². The van der Waals surface area contributed by atoms with Gasteiger partial charge in [0.05, 0.1) is 0 Å². The lowest BCUT2D eigenvalue weighted by Crippen LogP contribution is -2.42. The summed E-state index contributed by atoms with van der Waals surface area (Å²) in [5, 5.41) is 2.74. The van der Waals surface area contributed by atoms with E-state index in [2.05, 4.69) is 12.2 Å². The highest BCUT2D eigenvalue weighted by Gasteiger charge is 2.30. The molecule has 5 heteroatoms. The van der Waals surface area contributed by atoms with Gasteiger partial charge in [0.15, 0.2) is 0 Å². The van der Waals surface area contributed by atoms with Gasteiger partial charge in [0.2, 0.25) is 11.8 Å². The first kappa shape index (κ1) is 13.0. The van der Waals surface area contributed by atoms with Gasteiger partial charge < -0.3 is 16.8 Å². The minimum Gasteiger partial charge on any atom is -0.370 e. The highest BCUT2D eigenvalue weighted by atomic mass is 16.2. The predicted octanol–water partition coefficient (Wildman–Crippen LogP) is -0.258. The molecule has 16 heavy (non-hydrogen) atoms. The highest BCUT2D eigenvalue weighted by Crippen LogP contribution is 2.28. The summed E-state index contributed by atoms with van der Waals surface area (Å²) in [6, 6.07) is 0.128. The van der Waals surface area contributed by atoms with Crippen molar-refractivity contribution in [3.8, 4) is 0 Å². The molecule has 92 valence electrons. The number of carbonyl (C=O) groups excluding carboxylic acids is 2. The predicted molar refractivity (Wildman–Crippen MR) is 61.3 cm³/mol. The van der Waals surface area contributed by atoms with Crippen LogP contribution < -0.4 is 16.8 Å². The summed E-state index contributed by atoms with van der Waals surface area (Å²) in [5.74, 6) is -0.0393. The fourth-order valence-corrected chi connectivity index (χ4v) is 2.16. The summed E-state index contributed by atoms with van der Waals surface area (Å²) in [4.78, 5) is 22.3. The molecule has 0 bridgehead atoms. The van der Waals surface area contributed by atoms with E-state index in [0.29, 0.717) is 12.5 Å². The molecular weight excluding hydrogens is 206 g/mol. The molecular formula is C11H21N3O2. The Bertz CT molecular complexity index is 268. The fraction of sp³-hybridized carbons (Fsp3) is 0.818. The van der Waals surface area contributed by atoms with E-state index >= 15 is 0 Å². The highest BCUT2D eigenvalue weighted by molar-refractivity contribution is 5.80. The van der Waals surface area contributed by atoms with Crippen LogP contribution in [-0.4, -0.2) is 24.4 Å².